The van der Waals surface area contributed by atoms with Gasteiger partial charge in [-0.05, 0) is 6.42 Å². The van der Waals surface area contributed by atoms with E-state index in [9.17, 15) is 14.4 Å². The zero-order valence-corrected chi connectivity index (χ0v) is 10.9. The van der Waals surface area contributed by atoms with Crippen molar-refractivity contribution >= 4 is 23.3 Å². The number of hydrogen-bond acceptors (Lipinski definition) is 5. The van der Waals surface area contributed by atoms with E-state index in [1.807, 2.05) is 0 Å². The van der Waals surface area contributed by atoms with E-state index in [4.69, 9.17) is 10.8 Å². The molecule has 2 rings (SSSR count). The number of rotatable bonds is 6. The van der Waals surface area contributed by atoms with Crippen LogP contribution in [0.1, 0.15) is 23.2 Å². The Morgan fingerprint density at radius 1 is 1.38 bits per heavy atom. The van der Waals surface area contributed by atoms with Crippen molar-refractivity contribution in [3.05, 3.63) is 30.4 Å². The molecule has 0 saturated heterocycles. The standard InChI is InChI=1S/C12H13N5O4/c13-10(18)2-1-8(12(20)21)16-11(19)7-5-15-17-4-3-14-6-9(7)17/h3-6,8H,1-2H2,(H2,13,18)(H,16,19)(H,20,21). The average molecular weight is 291 g/mol. The number of aromatic nitrogens is 3. The Labute approximate surface area is 118 Å². The van der Waals surface area contributed by atoms with Gasteiger partial charge in [0.15, 0.2) is 0 Å². The zero-order chi connectivity index (χ0) is 15.4. The number of hydrogen-bond donors (Lipinski definition) is 3. The summed E-state index contributed by atoms with van der Waals surface area (Å²) in [5.41, 5.74) is 5.63. The highest BCUT2D eigenvalue weighted by Crippen LogP contribution is 2.09. The molecular formula is C12H13N5O4. The fourth-order valence-corrected chi connectivity index (χ4v) is 1.79. The van der Waals surface area contributed by atoms with Crippen LogP contribution >= 0.6 is 0 Å². The van der Waals surface area contributed by atoms with Gasteiger partial charge in [0.1, 0.15) is 6.04 Å². The minimum absolute atomic E-state index is 0.0755. The first-order valence-electron chi connectivity index (χ1n) is 6.08. The number of nitrogens with two attached hydrogens (primary N) is 1. The molecule has 1 atom stereocenters. The third-order valence-corrected chi connectivity index (χ3v) is 2.85. The predicted octanol–water partition coefficient (Wildman–Crippen LogP) is -0.822. The summed E-state index contributed by atoms with van der Waals surface area (Å²) in [5.74, 6) is -2.47. The maximum atomic E-state index is 12.1. The average Bonchev–Trinajstić information content (AvgIpc) is 2.86. The molecule has 1 unspecified atom stereocenters. The van der Waals surface area contributed by atoms with Crippen LogP contribution in [-0.4, -0.2) is 43.5 Å². The molecule has 2 aromatic rings. The van der Waals surface area contributed by atoms with Gasteiger partial charge in [0.2, 0.25) is 5.91 Å². The maximum Gasteiger partial charge on any atom is 0.326 e. The molecule has 2 heterocycles. The summed E-state index contributed by atoms with van der Waals surface area (Å²) in [4.78, 5) is 37.8. The topological polar surface area (TPSA) is 140 Å². The Kier molecular flexibility index (Phi) is 4.12. The molecule has 0 saturated carbocycles. The largest absolute Gasteiger partial charge is 0.480 e. The van der Waals surface area contributed by atoms with Crippen LogP contribution in [0, 0.1) is 0 Å². The normalized spacial score (nSPS) is 12.0. The molecular weight excluding hydrogens is 278 g/mol. The SMILES string of the molecule is NC(=O)CCC(NC(=O)c1cnn2ccncc12)C(=O)O. The van der Waals surface area contributed by atoms with Gasteiger partial charge in [0.05, 0.1) is 23.5 Å². The van der Waals surface area contributed by atoms with Crippen molar-refractivity contribution in [3.8, 4) is 0 Å². The molecule has 21 heavy (non-hydrogen) atoms. The van der Waals surface area contributed by atoms with Crippen LogP contribution in [0.2, 0.25) is 0 Å². The first-order chi connectivity index (χ1) is 9.99. The maximum absolute atomic E-state index is 12.1. The van der Waals surface area contributed by atoms with E-state index < -0.39 is 23.8 Å². The van der Waals surface area contributed by atoms with Crippen LogP contribution < -0.4 is 11.1 Å². The Balaban J connectivity index is 2.15. The van der Waals surface area contributed by atoms with Gasteiger partial charge in [0, 0.05) is 18.8 Å². The monoisotopic (exact) mass is 291 g/mol. The summed E-state index contributed by atoms with van der Waals surface area (Å²) in [7, 11) is 0. The number of carboxylic acids is 1. The molecule has 0 bridgehead atoms. The molecule has 0 radical (unpaired) electrons. The minimum Gasteiger partial charge on any atom is -0.480 e. The molecule has 110 valence electrons. The summed E-state index contributed by atoms with van der Waals surface area (Å²) in [5, 5.41) is 15.3. The van der Waals surface area contributed by atoms with E-state index in [1.54, 1.807) is 6.20 Å². The number of carbonyl (C=O) groups is 3. The molecule has 9 nitrogen and oxygen atoms in total. The predicted molar refractivity (Wildman–Crippen MR) is 70.3 cm³/mol. The van der Waals surface area contributed by atoms with Crippen LogP contribution in [0.5, 0.6) is 0 Å². The van der Waals surface area contributed by atoms with Gasteiger partial charge >= 0.3 is 5.97 Å². The number of carboxylic acid groups (broad SMARTS) is 1. The van der Waals surface area contributed by atoms with Crippen molar-refractivity contribution in [1.29, 1.82) is 0 Å². The number of amides is 2. The Hall–Kier alpha value is -2.97. The van der Waals surface area contributed by atoms with Crippen molar-refractivity contribution in [2.75, 3.05) is 0 Å². The lowest BCUT2D eigenvalue weighted by atomic mass is 10.1. The fraction of sp³-hybridized carbons (Fsp3) is 0.250. The molecule has 0 aromatic carbocycles. The van der Waals surface area contributed by atoms with Gasteiger partial charge in [-0.2, -0.15) is 5.10 Å². The highest BCUT2D eigenvalue weighted by Gasteiger charge is 2.22. The number of nitrogens with one attached hydrogen (secondary N) is 1. The molecule has 0 aliphatic carbocycles. The summed E-state index contributed by atoms with van der Waals surface area (Å²) >= 11 is 0. The Morgan fingerprint density at radius 2 is 2.14 bits per heavy atom. The van der Waals surface area contributed by atoms with Gasteiger partial charge in [-0.1, -0.05) is 0 Å². The van der Waals surface area contributed by atoms with Crippen molar-refractivity contribution in [3.63, 3.8) is 0 Å². The van der Waals surface area contributed by atoms with E-state index in [2.05, 4.69) is 15.4 Å². The lowest BCUT2D eigenvalue weighted by Gasteiger charge is -2.13. The molecule has 0 fully saturated rings. The van der Waals surface area contributed by atoms with Crippen LogP contribution in [0.4, 0.5) is 0 Å². The summed E-state index contributed by atoms with van der Waals surface area (Å²) < 4.78 is 1.45. The van der Waals surface area contributed by atoms with E-state index >= 15 is 0 Å². The Morgan fingerprint density at radius 3 is 2.81 bits per heavy atom. The number of aliphatic carboxylic acids is 1. The molecule has 4 N–H and O–H groups in total. The minimum atomic E-state index is -1.24. The van der Waals surface area contributed by atoms with Gasteiger partial charge in [-0.25, -0.2) is 9.31 Å². The second-order valence-corrected chi connectivity index (χ2v) is 4.33. The second kappa shape index (κ2) is 5.99. The molecule has 2 amide bonds. The first-order valence-corrected chi connectivity index (χ1v) is 6.08. The van der Waals surface area contributed by atoms with Crippen molar-refractivity contribution in [2.45, 2.75) is 18.9 Å². The van der Waals surface area contributed by atoms with Gasteiger partial charge in [-0.3, -0.25) is 14.6 Å². The van der Waals surface area contributed by atoms with Crippen molar-refractivity contribution < 1.29 is 19.5 Å². The van der Waals surface area contributed by atoms with Crippen LogP contribution in [-0.2, 0) is 9.59 Å². The molecule has 2 aromatic heterocycles. The first kappa shape index (κ1) is 14.4. The highest BCUT2D eigenvalue weighted by atomic mass is 16.4. The number of carbonyl (C=O) groups excluding carboxylic acids is 2. The zero-order valence-electron chi connectivity index (χ0n) is 10.9. The highest BCUT2D eigenvalue weighted by molar-refractivity contribution is 6.02. The lowest BCUT2D eigenvalue weighted by molar-refractivity contribution is -0.139. The summed E-state index contributed by atoms with van der Waals surface area (Å²) in [6.07, 6.45) is 5.63. The van der Waals surface area contributed by atoms with Crippen molar-refractivity contribution in [1.82, 2.24) is 19.9 Å². The molecule has 0 spiro atoms. The van der Waals surface area contributed by atoms with Crippen LogP contribution in [0.15, 0.2) is 24.8 Å². The van der Waals surface area contributed by atoms with Gasteiger partial charge < -0.3 is 16.2 Å². The van der Waals surface area contributed by atoms with E-state index in [0.29, 0.717) is 5.52 Å². The number of nitrogens with zero attached hydrogens (tertiary/aromatic N) is 3. The van der Waals surface area contributed by atoms with Crippen LogP contribution in [0.25, 0.3) is 5.52 Å². The van der Waals surface area contributed by atoms with Crippen LogP contribution in [0.3, 0.4) is 0 Å². The number of primary amides is 1. The lowest BCUT2D eigenvalue weighted by Crippen LogP contribution is -2.41. The quantitative estimate of drug-likeness (QED) is 0.635. The molecule has 9 heteroatoms. The third kappa shape index (κ3) is 3.32. The third-order valence-electron chi connectivity index (χ3n) is 2.85. The second-order valence-electron chi connectivity index (χ2n) is 4.33. The molecule has 0 aliphatic heterocycles. The van der Waals surface area contributed by atoms with Gasteiger partial charge in [0.25, 0.3) is 5.91 Å². The van der Waals surface area contributed by atoms with E-state index in [1.165, 1.54) is 23.1 Å². The Bertz CT molecular complexity index is 696. The van der Waals surface area contributed by atoms with Crippen molar-refractivity contribution in [2.24, 2.45) is 5.73 Å². The summed E-state index contributed by atoms with van der Waals surface area (Å²) in [6, 6.07) is -1.20. The number of fused-ring (bicyclic) bond motifs is 1. The smallest absolute Gasteiger partial charge is 0.326 e. The summed E-state index contributed by atoms with van der Waals surface area (Å²) in [6.45, 7) is 0. The van der Waals surface area contributed by atoms with Gasteiger partial charge in [-0.15, -0.1) is 0 Å². The van der Waals surface area contributed by atoms with E-state index in [0.717, 1.165) is 0 Å². The molecule has 0 aliphatic rings. The fourth-order valence-electron chi connectivity index (χ4n) is 1.79. The van der Waals surface area contributed by atoms with E-state index in [-0.39, 0.29) is 18.4 Å².